The van der Waals surface area contributed by atoms with Crippen LogP contribution in [0.4, 0.5) is 0 Å². The van der Waals surface area contributed by atoms with E-state index in [-0.39, 0.29) is 0 Å². The molecule has 2 aromatic heterocycles. The topological polar surface area (TPSA) is 41.3 Å². The third-order valence-electron chi connectivity index (χ3n) is 5.05. The number of benzene rings is 2. The molecule has 0 saturated heterocycles. The Kier molecular flexibility index (Phi) is 5.04. The van der Waals surface area contributed by atoms with Gasteiger partial charge in [-0.05, 0) is 59.2 Å². The summed E-state index contributed by atoms with van der Waals surface area (Å²) in [5, 5.41) is 0. The van der Waals surface area contributed by atoms with Crippen molar-refractivity contribution in [1.82, 2.24) is 4.40 Å². The fraction of sp³-hybridized carbons (Fsp3) is 0.167. The molecule has 4 rings (SSSR count). The molecule has 0 aliphatic heterocycles. The second-order valence-electron chi connectivity index (χ2n) is 6.58. The zero-order valence-corrected chi connectivity index (χ0v) is 16.9. The number of fused-ring (bicyclic) bond motifs is 1. The second-order valence-corrected chi connectivity index (χ2v) is 6.58. The Bertz CT molecular complexity index is 1070. The van der Waals surface area contributed by atoms with Crippen molar-refractivity contribution in [3.63, 3.8) is 0 Å². The van der Waals surface area contributed by atoms with Gasteiger partial charge in [0.2, 0.25) is 0 Å². The molecule has 0 bridgehead atoms. The normalized spacial score (nSPS) is 10.8. The van der Waals surface area contributed by atoms with Gasteiger partial charge in [-0.15, -0.1) is 0 Å². The lowest BCUT2D eigenvalue weighted by Gasteiger charge is -2.16. The van der Waals surface area contributed by atoms with Crippen LogP contribution in [0, 0.1) is 0 Å². The van der Waals surface area contributed by atoms with Gasteiger partial charge in [0.05, 0.1) is 28.4 Å². The number of pyridine rings is 1. The van der Waals surface area contributed by atoms with Gasteiger partial charge >= 0.3 is 0 Å². The molecule has 0 fully saturated rings. The lowest BCUT2D eigenvalue weighted by molar-refractivity contribution is 0.355. The Morgan fingerprint density at radius 3 is 1.69 bits per heavy atom. The van der Waals surface area contributed by atoms with E-state index in [4.69, 9.17) is 18.9 Å². The summed E-state index contributed by atoms with van der Waals surface area (Å²) in [6.45, 7) is 0. The molecule has 148 valence electrons. The highest BCUT2D eigenvalue weighted by Gasteiger charge is 2.15. The highest BCUT2D eigenvalue weighted by Crippen LogP contribution is 2.40. The van der Waals surface area contributed by atoms with Crippen molar-refractivity contribution in [2.75, 3.05) is 28.4 Å². The number of rotatable bonds is 6. The van der Waals surface area contributed by atoms with Crippen LogP contribution in [0.15, 0.2) is 67.0 Å². The molecule has 0 N–H and O–H groups in total. The fourth-order valence-corrected chi connectivity index (χ4v) is 3.56. The lowest BCUT2D eigenvalue weighted by Crippen LogP contribution is -1.95. The van der Waals surface area contributed by atoms with Crippen molar-refractivity contribution < 1.29 is 18.9 Å². The number of aromatic nitrogens is 1. The van der Waals surface area contributed by atoms with E-state index in [9.17, 15) is 0 Å². The third-order valence-corrected chi connectivity index (χ3v) is 5.05. The van der Waals surface area contributed by atoms with Crippen LogP contribution in [-0.2, 0) is 0 Å². The van der Waals surface area contributed by atoms with Crippen molar-refractivity contribution in [1.29, 1.82) is 0 Å². The number of ether oxygens (including phenoxy) is 4. The van der Waals surface area contributed by atoms with E-state index in [2.05, 4.69) is 22.7 Å². The monoisotopic (exact) mass is 389 g/mol. The molecule has 0 aliphatic carbocycles. The summed E-state index contributed by atoms with van der Waals surface area (Å²) in [4.78, 5) is 0. The summed E-state index contributed by atoms with van der Waals surface area (Å²) >= 11 is 0. The molecule has 0 spiro atoms. The van der Waals surface area contributed by atoms with Crippen LogP contribution < -0.4 is 18.9 Å². The van der Waals surface area contributed by atoms with Crippen LogP contribution in [0.1, 0.15) is 0 Å². The first-order valence-electron chi connectivity index (χ1n) is 9.24. The summed E-state index contributed by atoms with van der Waals surface area (Å²) in [5.74, 6) is 2.79. The molecule has 5 nitrogen and oxygen atoms in total. The van der Waals surface area contributed by atoms with Crippen LogP contribution >= 0.6 is 0 Å². The minimum Gasteiger partial charge on any atom is -0.493 e. The minimum atomic E-state index is 0.691. The predicted molar refractivity (Wildman–Crippen MR) is 114 cm³/mol. The quantitative estimate of drug-likeness (QED) is 0.448. The Hall–Kier alpha value is -3.60. The highest BCUT2D eigenvalue weighted by atomic mass is 16.5. The molecular weight excluding hydrogens is 366 g/mol. The van der Waals surface area contributed by atoms with E-state index in [1.54, 1.807) is 28.4 Å². The maximum Gasteiger partial charge on any atom is 0.161 e. The van der Waals surface area contributed by atoms with Crippen LogP contribution in [0.25, 0.3) is 27.8 Å². The molecule has 0 unspecified atom stereocenters. The van der Waals surface area contributed by atoms with E-state index in [0.717, 1.165) is 27.8 Å². The van der Waals surface area contributed by atoms with Gasteiger partial charge < -0.3 is 23.3 Å². The fourth-order valence-electron chi connectivity index (χ4n) is 3.56. The number of methoxy groups -OCH3 is 4. The largest absolute Gasteiger partial charge is 0.493 e. The van der Waals surface area contributed by atoms with Gasteiger partial charge in [-0.25, -0.2) is 0 Å². The first kappa shape index (κ1) is 18.7. The maximum atomic E-state index is 5.52. The average molecular weight is 389 g/mol. The van der Waals surface area contributed by atoms with Gasteiger partial charge in [0.1, 0.15) is 0 Å². The molecule has 0 amide bonds. The minimum absolute atomic E-state index is 0.691. The van der Waals surface area contributed by atoms with Crippen molar-refractivity contribution >= 4 is 5.52 Å². The SMILES string of the molecule is COc1ccc(-c2cc3cccn3cc2-c2ccc(OC)c(OC)c2)cc1OC. The van der Waals surface area contributed by atoms with E-state index < -0.39 is 0 Å². The van der Waals surface area contributed by atoms with Crippen LogP contribution in [0.5, 0.6) is 23.0 Å². The third kappa shape index (κ3) is 3.36. The number of hydrogen-bond acceptors (Lipinski definition) is 4. The van der Waals surface area contributed by atoms with E-state index in [0.29, 0.717) is 23.0 Å². The van der Waals surface area contributed by atoms with Crippen molar-refractivity contribution in [3.8, 4) is 45.3 Å². The highest BCUT2D eigenvalue weighted by molar-refractivity contribution is 5.87. The van der Waals surface area contributed by atoms with Gasteiger partial charge in [-0.2, -0.15) is 0 Å². The van der Waals surface area contributed by atoms with Crippen molar-refractivity contribution in [2.45, 2.75) is 0 Å². The summed E-state index contributed by atoms with van der Waals surface area (Å²) < 4.78 is 23.9. The lowest BCUT2D eigenvalue weighted by atomic mass is 9.95. The van der Waals surface area contributed by atoms with E-state index in [1.165, 1.54) is 0 Å². The molecule has 4 aromatic rings. The Labute approximate surface area is 170 Å². The Balaban J connectivity index is 1.95. The van der Waals surface area contributed by atoms with Crippen LogP contribution in [0.2, 0.25) is 0 Å². The van der Waals surface area contributed by atoms with Crippen molar-refractivity contribution in [2.24, 2.45) is 0 Å². The summed E-state index contributed by atoms with van der Waals surface area (Å²) in [5.41, 5.74) is 5.34. The first-order chi connectivity index (χ1) is 14.2. The zero-order chi connectivity index (χ0) is 20.4. The summed E-state index contributed by atoms with van der Waals surface area (Å²) in [6, 6.07) is 18.2. The maximum absolute atomic E-state index is 5.52. The molecule has 0 saturated carbocycles. The van der Waals surface area contributed by atoms with Gasteiger partial charge in [-0.3, -0.25) is 0 Å². The molecular formula is C24H23NO4. The molecule has 5 heteroatoms. The molecule has 2 heterocycles. The van der Waals surface area contributed by atoms with Gasteiger partial charge in [0, 0.05) is 23.5 Å². The Morgan fingerprint density at radius 2 is 1.14 bits per heavy atom. The molecule has 0 aliphatic rings. The molecule has 0 radical (unpaired) electrons. The standard InChI is InChI=1S/C24H23NO4/c1-26-21-9-7-16(12-23(21)28-3)19-14-18-6-5-11-25(18)15-20(19)17-8-10-22(27-2)24(13-17)29-4/h5-15H,1-4H3. The summed E-state index contributed by atoms with van der Waals surface area (Å²) in [6.07, 6.45) is 4.17. The van der Waals surface area contributed by atoms with E-state index in [1.807, 2.05) is 48.7 Å². The van der Waals surface area contributed by atoms with Gasteiger partial charge in [0.25, 0.3) is 0 Å². The van der Waals surface area contributed by atoms with Gasteiger partial charge in [-0.1, -0.05) is 12.1 Å². The number of hydrogen-bond donors (Lipinski definition) is 0. The zero-order valence-electron chi connectivity index (χ0n) is 16.9. The number of nitrogens with zero attached hydrogens (tertiary/aromatic N) is 1. The van der Waals surface area contributed by atoms with Crippen LogP contribution in [-0.4, -0.2) is 32.8 Å². The van der Waals surface area contributed by atoms with Crippen molar-refractivity contribution in [3.05, 3.63) is 67.0 Å². The molecule has 29 heavy (non-hydrogen) atoms. The van der Waals surface area contributed by atoms with E-state index >= 15 is 0 Å². The smallest absolute Gasteiger partial charge is 0.161 e. The molecule has 0 atom stereocenters. The Morgan fingerprint density at radius 1 is 0.586 bits per heavy atom. The average Bonchev–Trinajstić information content (AvgIpc) is 3.24. The van der Waals surface area contributed by atoms with Crippen LogP contribution in [0.3, 0.4) is 0 Å². The second kappa shape index (κ2) is 7.80. The predicted octanol–water partition coefficient (Wildman–Crippen LogP) is 5.31. The first-order valence-corrected chi connectivity index (χ1v) is 9.24. The molecule has 2 aromatic carbocycles. The van der Waals surface area contributed by atoms with Gasteiger partial charge in [0.15, 0.2) is 23.0 Å². The summed E-state index contributed by atoms with van der Waals surface area (Å²) in [7, 11) is 6.57.